The molecule has 0 atom stereocenters. The summed E-state index contributed by atoms with van der Waals surface area (Å²) in [6, 6.07) is 14.0. The van der Waals surface area contributed by atoms with Crippen molar-refractivity contribution in [2.24, 2.45) is 0 Å². The Labute approximate surface area is 235 Å². The van der Waals surface area contributed by atoms with E-state index in [4.69, 9.17) is 16.3 Å². The number of para-hydroxylation sites is 1. The zero-order valence-electron chi connectivity index (χ0n) is 23.3. The molecular weight excluding hydrogens is 514 g/mol. The zero-order valence-corrected chi connectivity index (χ0v) is 24.0. The summed E-state index contributed by atoms with van der Waals surface area (Å²) in [7, 11) is 4.30. The number of ether oxygens (including phenoxy) is 1. The number of aromatic nitrogens is 2. The normalized spacial score (nSPS) is 14.0. The SMILES string of the molecule is CCNC(=O)c1ccccc1Nc1nc(Nc2ccc(N3CCC(N(C)C)CC3)cc2OC(C)C)ncc1Cl. The number of rotatable bonds is 10. The van der Waals surface area contributed by atoms with Crippen LogP contribution in [-0.2, 0) is 0 Å². The van der Waals surface area contributed by atoms with E-state index in [-0.39, 0.29) is 12.0 Å². The van der Waals surface area contributed by atoms with Crippen molar-refractivity contribution >= 4 is 46.3 Å². The number of carbonyl (C=O) groups excluding carboxylic acids is 1. The number of hydrogen-bond donors (Lipinski definition) is 3. The number of piperidine rings is 1. The fourth-order valence-corrected chi connectivity index (χ4v) is 4.75. The summed E-state index contributed by atoms with van der Waals surface area (Å²) in [6.45, 7) is 8.43. The molecule has 208 valence electrons. The zero-order chi connectivity index (χ0) is 27.9. The highest BCUT2D eigenvalue weighted by atomic mass is 35.5. The van der Waals surface area contributed by atoms with Crippen molar-refractivity contribution in [2.75, 3.05) is 49.3 Å². The standard InChI is InChI=1S/C29H38ClN7O2/c1-6-31-28(38)22-9-7-8-10-24(22)33-27-23(30)18-32-29(35-27)34-25-12-11-21(17-26(25)39-19(2)3)37-15-13-20(14-16-37)36(4)5/h7-12,17-20H,6,13-16H2,1-5H3,(H,31,38)(H2,32,33,34,35). The van der Waals surface area contributed by atoms with E-state index in [1.807, 2.05) is 45.0 Å². The minimum Gasteiger partial charge on any atom is -0.489 e. The second-order valence-electron chi connectivity index (χ2n) is 10.1. The first-order valence-electron chi connectivity index (χ1n) is 13.4. The third kappa shape index (κ3) is 7.30. The van der Waals surface area contributed by atoms with Crippen LogP contribution in [0.1, 0.15) is 44.0 Å². The Balaban J connectivity index is 1.56. The number of anilines is 5. The Kier molecular flexibility index (Phi) is 9.48. The van der Waals surface area contributed by atoms with Gasteiger partial charge in [-0.3, -0.25) is 4.79 Å². The molecule has 4 rings (SSSR count). The molecule has 39 heavy (non-hydrogen) atoms. The van der Waals surface area contributed by atoms with Crippen molar-refractivity contribution in [1.82, 2.24) is 20.2 Å². The maximum Gasteiger partial charge on any atom is 0.253 e. The number of nitrogens with zero attached hydrogens (tertiary/aromatic N) is 4. The van der Waals surface area contributed by atoms with E-state index in [0.29, 0.717) is 40.6 Å². The number of benzene rings is 2. The molecule has 0 unspecified atom stereocenters. The van der Waals surface area contributed by atoms with Crippen molar-refractivity contribution < 1.29 is 9.53 Å². The lowest BCUT2D eigenvalue weighted by Gasteiger charge is -2.36. The smallest absolute Gasteiger partial charge is 0.253 e. The predicted molar refractivity (Wildman–Crippen MR) is 159 cm³/mol. The summed E-state index contributed by atoms with van der Waals surface area (Å²) in [5.74, 6) is 1.29. The molecule has 1 aromatic heterocycles. The van der Waals surface area contributed by atoms with Gasteiger partial charge in [-0.25, -0.2) is 4.98 Å². The van der Waals surface area contributed by atoms with Crippen LogP contribution in [0, 0.1) is 0 Å². The van der Waals surface area contributed by atoms with E-state index in [2.05, 4.69) is 61.9 Å². The lowest BCUT2D eigenvalue weighted by atomic mass is 10.0. The Morgan fingerprint density at radius 2 is 1.87 bits per heavy atom. The summed E-state index contributed by atoms with van der Waals surface area (Å²) in [5, 5.41) is 9.64. The van der Waals surface area contributed by atoms with Gasteiger partial charge in [0.15, 0.2) is 5.82 Å². The van der Waals surface area contributed by atoms with Crippen molar-refractivity contribution in [3.63, 3.8) is 0 Å². The van der Waals surface area contributed by atoms with Crippen LogP contribution in [0.25, 0.3) is 0 Å². The molecule has 9 nitrogen and oxygen atoms in total. The number of carbonyl (C=O) groups is 1. The molecule has 0 bridgehead atoms. The van der Waals surface area contributed by atoms with E-state index in [1.165, 1.54) is 6.20 Å². The molecule has 1 aliphatic rings. The van der Waals surface area contributed by atoms with Crippen LogP contribution in [0.2, 0.25) is 5.02 Å². The molecule has 1 fully saturated rings. The molecule has 1 saturated heterocycles. The van der Waals surface area contributed by atoms with Gasteiger partial charge in [-0.05, 0) is 72.0 Å². The van der Waals surface area contributed by atoms with Crippen molar-refractivity contribution in [3.05, 3.63) is 59.2 Å². The fourth-order valence-electron chi connectivity index (χ4n) is 4.61. The van der Waals surface area contributed by atoms with Gasteiger partial charge in [-0.15, -0.1) is 0 Å². The van der Waals surface area contributed by atoms with Gasteiger partial charge in [0.2, 0.25) is 5.95 Å². The molecule has 3 N–H and O–H groups in total. The summed E-state index contributed by atoms with van der Waals surface area (Å²) in [4.78, 5) is 26.2. The molecular formula is C29H38ClN7O2. The lowest BCUT2D eigenvalue weighted by Crippen LogP contribution is -2.42. The summed E-state index contributed by atoms with van der Waals surface area (Å²) >= 11 is 6.43. The molecule has 1 aliphatic heterocycles. The molecule has 0 saturated carbocycles. The van der Waals surface area contributed by atoms with E-state index in [9.17, 15) is 4.79 Å². The topological polar surface area (TPSA) is 94.6 Å². The number of nitrogens with one attached hydrogen (secondary N) is 3. The molecule has 0 aliphatic carbocycles. The second kappa shape index (κ2) is 13.0. The van der Waals surface area contributed by atoms with Gasteiger partial charge < -0.3 is 30.5 Å². The molecule has 1 amide bonds. The summed E-state index contributed by atoms with van der Waals surface area (Å²) < 4.78 is 6.18. The molecule has 3 aromatic rings. The molecule has 0 radical (unpaired) electrons. The van der Waals surface area contributed by atoms with E-state index in [1.54, 1.807) is 6.07 Å². The van der Waals surface area contributed by atoms with Crippen molar-refractivity contribution in [3.8, 4) is 5.75 Å². The van der Waals surface area contributed by atoms with Gasteiger partial charge in [-0.1, -0.05) is 23.7 Å². The fraction of sp³-hybridized carbons (Fsp3) is 0.414. The predicted octanol–water partition coefficient (Wildman–Crippen LogP) is 5.68. The Morgan fingerprint density at radius 3 is 2.56 bits per heavy atom. The van der Waals surface area contributed by atoms with Gasteiger partial charge >= 0.3 is 0 Å². The van der Waals surface area contributed by atoms with Gasteiger partial charge in [0.05, 0.1) is 29.2 Å². The van der Waals surface area contributed by atoms with Gasteiger partial charge in [-0.2, -0.15) is 4.98 Å². The van der Waals surface area contributed by atoms with Gasteiger partial charge in [0.25, 0.3) is 5.91 Å². The Hall–Kier alpha value is -3.56. The van der Waals surface area contributed by atoms with Gasteiger partial charge in [0, 0.05) is 37.4 Å². The second-order valence-corrected chi connectivity index (χ2v) is 10.5. The van der Waals surface area contributed by atoms with Crippen LogP contribution >= 0.6 is 11.6 Å². The maximum atomic E-state index is 12.5. The minimum atomic E-state index is -0.175. The first kappa shape index (κ1) is 28.4. The third-order valence-electron chi connectivity index (χ3n) is 6.64. The first-order chi connectivity index (χ1) is 18.7. The van der Waals surface area contributed by atoms with E-state index in [0.717, 1.165) is 43.1 Å². The van der Waals surface area contributed by atoms with Crippen molar-refractivity contribution in [1.29, 1.82) is 0 Å². The third-order valence-corrected chi connectivity index (χ3v) is 6.92. The van der Waals surface area contributed by atoms with Crippen LogP contribution < -0.4 is 25.6 Å². The Morgan fingerprint density at radius 1 is 1.13 bits per heavy atom. The van der Waals surface area contributed by atoms with Crippen LogP contribution in [0.4, 0.5) is 28.8 Å². The van der Waals surface area contributed by atoms with Crippen LogP contribution in [-0.4, -0.2) is 66.7 Å². The number of halogens is 1. The van der Waals surface area contributed by atoms with E-state index < -0.39 is 0 Å². The quantitative estimate of drug-likeness (QED) is 0.296. The van der Waals surface area contributed by atoms with Crippen LogP contribution in [0.5, 0.6) is 5.75 Å². The average Bonchev–Trinajstić information content (AvgIpc) is 2.91. The summed E-state index contributed by atoms with van der Waals surface area (Å²) in [5.41, 5.74) is 2.99. The first-order valence-corrected chi connectivity index (χ1v) is 13.8. The minimum absolute atomic E-state index is 0.00518. The monoisotopic (exact) mass is 551 g/mol. The number of amides is 1. The number of hydrogen-bond acceptors (Lipinski definition) is 8. The van der Waals surface area contributed by atoms with Crippen molar-refractivity contribution in [2.45, 2.75) is 45.8 Å². The molecule has 0 spiro atoms. The highest BCUT2D eigenvalue weighted by Crippen LogP contribution is 2.34. The van der Waals surface area contributed by atoms with Gasteiger partial charge in [0.1, 0.15) is 10.8 Å². The lowest BCUT2D eigenvalue weighted by molar-refractivity contribution is 0.0956. The highest BCUT2D eigenvalue weighted by molar-refractivity contribution is 6.33. The highest BCUT2D eigenvalue weighted by Gasteiger charge is 2.22. The molecule has 2 aromatic carbocycles. The maximum absolute atomic E-state index is 12.5. The van der Waals surface area contributed by atoms with Crippen LogP contribution in [0.15, 0.2) is 48.7 Å². The van der Waals surface area contributed by atoms with E-state index >= 15 is 0 Å². The summed E-state index contributed by atoms with van der Waals surface area (Å²) in [6.07, 6.45) is 3.78. The van der Waals surface area contributed by atoms with Crippen LogP contribution in [0.3, 0.4) is 0 Å². The average molecular weight is 552 g/mol. The largest absolute Gasteiger partial charge is 0.489 e. The molecule has 2 heterocycles. The molecule has 10 heteroatoms. The Bertz CT molecular complexity index is 1280.